The first-order chi connectivity index (χ1) is 12.7. The Hall–Kier alpha value is -2.11. The SMILES string of the molecule is C[C@@]12CC[C@]3(CCO[C@H]4C3C1C(=O)N4c1ccc(C#N)c(C(F)(F)F)c1)O2. The van der Waals surface area contributed by atoms with Gasteiger partial charge >= 0.3 is 6.18 Å². The van der Waals surface area contributed by atoms with Crippen LogP contribution in [0.25, 0.3) is 0 Å². The monoisotopic (exact) mass is 378 g/mol. The maximum atomic E-state index is 13.4. The lowest BCUT2D eigenvalue weighted by Gasteiger charge is -2.41. The van der Waals surface area contributed by atoms with Crippen LogP contribution in [-0.4, -0.2) is 29.9 Å². The molecule has 4 fully saturated rings. The molecule has 5 rings (SSSR count). The number of hydrogen-bond donors (Lipinski definition) is 0. The van der Waals surface area contributed by atoms with E-state index in [1.807, 2.05) is 6.92 Å². The summed E-state index contributed by atoms with van der Waals surface area (Å²) in [5.74, 6) is -0.849. The largest absolute Gasteiger partial charge is 0.417 e. The van der Waals surface area contributed by atoms with Crippen molar-refractivity contribution in [2.45, 2.75) is 49.8 Å². The molecule has 1 amide bonds. The Morgan fingerprint density at radius 1 is 1.30 bits per heavy atom. The summed E-state index contributed by atoms with van der Waals surface area (Å²) in [5.41, 5.74) is -2.41. The van der Waals surface area contributed by atoms with Gasteiger partial charge in [-0.05, 0) is 38.0 Å². The molecule has 5 atom stereocenters. The lowest BCUT2D eigenvalue weighted by atomic mass is 9.66. The number of nitrogens with zero attached hydrogens (tertiary/aromatic N) is 2. The van der Waals surface area contributed by atoms with E-state index in [0.717, 1.165) is 25.0 Å². The maximum Gasteiger partial charge on any atom is 0.417 e. The van der Waals surface area contributed by atoms with Gasteiger partial charge in [0.25, 0.3) is 0 Å². The van der Waals surface area contributed by atoms with E-state index in [1.165, 1.54) is 11.0 Å². The van der Waals surface area contributed by atoms with Gasteiger partial charge in [0.05, 0.1) is 40.9 Å². The van der Waals surface area contributed by atoms with Crippen molar-refractivity contribution < 1.29 is 27.4 Å². The summed E-state index contributed by atoms with van der Waals surface area (Å²) in [5, 5.41) is 9.00. The number of carbonyl (C=O) groups excluding carboxylic acids is 1. The number of hydrogen-bond acceptors (Lipinski definition) is 4. The highest BCUT2D eigenvalue weighted by molar-refractivity contribution is 6.00. The van der Waals surface area contributed by atoms with Crippen molar-refractivity contribution in [3.63, 3.8) is 0 Å². The van der Waals surface area contributed by atoms with Gasteiger partial charge in [-0.3, -0.25) is 9.69 Å². The topological polar surface area (TPSA) is 62.6 Å². The molecule has 5 nitrogen and oxygen atoms in total. The van der Waals surface area contributed by atoms with E-state index in [0.29, 0.717) is 13.0 Å². The molecule has 1 spiro atoms. The molecule has 2 unspecified atom stereocenters. The fourth-order valence-corrected chi connectivity index (χ4v) is 5.60. The Morgan fingerprint density at radius 3 is 2.78 bits per heavy atom. The van der Waals surface area contributed by atoms with Crippen molar-refractivity contribution in [1.82, 2.24) is 0 Å². The van der Waals surface area contributed by atoms with E-state index >= 15 is 0 Å². The van der Waals surface area contributed by atoms with E-state index < -0.39 is 40.7 Å². The molecule has 4 aliphatic rings. The first-order valence-electron chi connectivity index (χ1n) is 8.96. The van der Waals surface area contributed by atoms with Crippen molar-refractivity contribution in [2.24, 2.45) is 11.8 Å². The fraction of sp³-hybridized carbons (Fsp3) is 0.579. The van der Waals surface area contributed by atoms with Crippen LogP contribution in [0.4, 0.5) is 18.9 Å². The smallest absolute Gasteiger partial charge is 0.367 e. The second-order valence-electron chi connectivity index (χ2n) is 8.04. The highest BCUT2D eigenvalue weighted by Gasteiger charge is 2.75. The van der Waals surface area contributed by atoms with Crippen LogP contribution >= 0.6 is 0 Å². The van der Waals surface area contributed by atoms with Crippen molar-refractivity contribution >= 4 is 11.6 Å². The molecule has 27 heavy (non-hydrogen) atoms. The summed E-state index contributed by atoms with van der Waals surface area (Å²) in [4.78, 5) is 14.6. The van der Waals surface area contributed by atoms with E-state index in [9.17, 15) is 18.0 Å². The van der Waals surface area contributed by atoms with Gasteiger partial charge in [0.1, 0.15) is 6.23 Å². The van der Waals surface area contributed by atoms with Crippen molar-refractivity contribution in [3.05, 3.63) is 29.3 Å². The molecule has 8 heteroatoms. The number of halogens is 3. The predicted molar refractivity (Wildman–Crippen MR) is 86.4 cm³/mol. The van der Waals surface area contributed by atoms with Gasteiger partial charge in [-0.25, -0.2) is 0 Å². The summed E-state index contributed by atoms with van der Waals surface area (Å²) in [6, 6.07) is 4.96. The Kier molecular flexibility index (Phi) is 3.17. The standard InChI is InChI=1S/C19H17F3N2O3/c1-17-4-5-18(27-17)6-7-26-16-14(18)13(17)15(25)24(16)11-3-2-10(9-23)12(8-11)19(20,21)22/h2-3,8,13-14,16H,4-7H2,1H3/t13?,14?,16-,17+,18+/m0/s1. The van der Waals surface area contributed by atoms with Crippen LogP contribution in [0.5, 0.6) is 0 Å². The van der Waals surface area contributed by atoms with Crippen LogP contribution < -0.4 is 4.90 Å². The number of ether oxygens (including phenoxy) is 2. The third-order valence-electron chi connectivity index (χ3n) is 6.69. The number of anilines is 1. The molecule has 1 aromatic carbocycles. The molecule has 4 heterocycles. The summed E-state index contributed by atoms with van der Waals surface area (Å²) < 4.78 is 52.3. The molecule has 142 valence electrons. The van der Waals surface area contributed by atoms with Gasteiger partial charge in [0.15, 0.2) is 0 Å². The van der Waals surface area contributed by atoms with Crippen molar-refractivity contribution in [1.29, 1.82) is 5.26 Å². The van der Waals surface area contributed by atoms with Gasteiger partial charge in [-0.1, -0.05) is 0 Å². The number of benzene rings is 1. The second kappa shape index (κ2) is 5.03. The number of fused-ring (bicyclic) bond motifs is 2. The number of amides is 1. The van der Waals surface area contributed by atoms with Gasteiger partial charge in [0.2, 0.25) is 5.91 Å². The molecule has 1 aromatic rings. The number of alkyl halides is 3. The zero-order valence-corrected chi connectivity index (χ0v) is 14.5. The zero-order chi connectivity index (χ0) is 19.2. The summed E-state index contributed by atoms with van der Waals surface area (Å²) >= 11 is 0. The van der Waals surface area contributed by atoms with Gasteiger partial charge in [0, 0.05) is 18.0 Å². The minimum atomic E-state index is -4.68. The van der Waals surface area contributed by atoms with Crippen LogP contribution in [0, 0.1) is 23.2 Å². The molecule has 4 saturated heterocycles. The van der Waals surface area contributed by atoms with E-state index in [1.54, 1.807) is 6.07 Å². The molecule has 0 aliphatic carbocycles. The average molecular weight is 378 g/mol. The number of rotatable bonds is 1. The van der Waals surface area contributed by atoms with Gasteiger partial charge in [-0.2, -0.15) is 18.4 Å². The average Bonchev–Trinajstić information content (AvgIpc) is 3.20. The number of nitriles is 1. The second-order valence-corrected chi connectivity index (χ2v) is 8.04. The van der Waals surface area contributed by atoms with Crippen LogP contribution in [0.3, 0.4) is 0 Å². The van der Waals surface area contributed by atoms with E-state index in [-0.39, 0.29) is 17.5 Å². The molecule has 0 N–H and O–H groups in total. The normalized spacial score (nSPS) is 39.6. The predicted octanol–water partition coefficient (Wildman–Crippen LogP) is 3.22. The van der Waals surface area contributed by atoms with Crippen LogP contribution in [-0.2, 0) is 20.4 Å². The minimum absolute atomic E-state index is 0.116. The molecule has 0 saturated carbocycles. The Labute approximate surface area is 153 Å². The quantitative estimate of drug-likeness (QED) is 0.753. The molecule has 0 radical (unpaired) electrons. The minimum Gasteiger partial charge on any atom is -0.367 e. The fourth-order valence-electron chi connectivity index (χ4n) is 5.60. The van der Waals surface area contributed by atoms with Crippen LogP contribution in [0.15, 0.2) is 18.2 Å². The van der Waals surface area contributed by atoms with Crippen molar-refractivity contribution in [3.8, 4) is 6.07 Å². The highest BCUT2D eigenvalue weighted by Crippen LogP contribution is 2.65. The Balaban J connectivity index is 1.62. The maximum absolute atomic E-state index is 13.4. The van der Waals surface area contributed by atoms with Crippen LogP contribution in [0.1, 0.15) is 37.3 Å². The third kappa shape index (κ3) is 2.04. The third-order valence-corrected chi connectivity index (χ3v) is 6.69. The molecular weight excluding hydrogens is 361 g/mol. The van der Waals surface area contributed by atoms with Crippen molar-refractivity contribution in [2.75, 3.05) is 11.5 Å². The number of carbonyl (C=O) groups is 1. The lowest BCUT2D eigenvalue weighted by Crippen LogP contribution is -2.51. The van der Waals surface area contributed by atoms with E-state index in [4.69, 9.17) is 14.7 Å². The van der Waals surface area contributed by atoms with E-state index in [2.05, 4.69) is 0 Å². The first-order valence-corrected chi connectivity index (χ1v) is 8.96. The molecular formula is C19H17F3N2O3. The van der Waals surface area contributed by atoms with Gasteiger partial charge < -0.3 is 9.47 Å². The highest BCUT2D eigenvalue weighted by atomic mass is 19.4. The Morgan fingerprint density at radius 2 is 2.07 bits per heavy atom. The molecule has 0 aromatic heterocycles. The Bertz CT molecular complexity index is 891. The van der Waals surface area contributed by atoms with Crippen LogP contribution in [0.2, 0.25) is 0 Å². The van der Waals surface area contributed by atoms with Gasteiger partial charge in [-0.15, -0.1) is 0 Å². The summed E-state index contributed by atoms with van der Waals surface area (Å²) in [7, 11) is 0. The summed E-state index contributed by atoms with van der Waals surface area (Å²) in [6.45, 7) is 2.32. The molecule has 2 bridgehead atoms. The lowest BCUT2D eigenvalue weighted by molar-refractivity contribution is -0.140. The first kappa shape index (κ1) is 17.0. The summed E-state index contributed by atoms with van der Waals surface area (Å²) in [6.07, 6.45) is -3.01. The zero-order valence-electron chi connectivity index (χ0n) is 14.5. The molecule has 4 aliphatic heterocycles.